The van der Waals surface area contributed by atoms with Gasteiger partial charge in [-0.05, 0) is 36.4 Å². The zero-order valence-electron chi connectivity index (χ0n) is 15.9. The van der Waals surface area contributed by atoms with Crippen LogP contribution in [-0.2, 0) is 0 Å². The molecular weight excluding hydrogens is 437 g/mol. The first-order chi connectivity index (χ1) is 15.0. The minimum absolute atomic E-state index is 0.182. The summed E-state index contributed by atoms with van der Waals surface area (Å²) in [5.41, 5.74) is 7.80. The summed E-state index contributed by atoms with van der Waals surface area (Å²) in [5, 5.41) is 4.00. The molecule has 9 heteroatoms. The number of carbonyl (C=O) groups excluding carboxylic acids is 2. The summed E-state index contributed by atoms with van der Waals surface area (Å²) in [4.78, 5) is 33.3. The maximum Gasteiger partial charge on any atom is 0.269 e. The van der Waals surface area contributed by atoms with Crippen LogP contribution in [0.15, 0.2) is 73.2 Å². The predicted octanol–water partition coefficient (Wildman–Crippen LogP) is 4.95. The van der Waals surface area contributed by atoms with Crippen LogP contribution in [0, 0.1) is 0 Å². The van der Waals surface area contributed by atoms with Crippen molar-refractivity contribution < 1.29 is 9.59 Å². The number of benzene rings is 2. The molecule has 2 heterocycles. The summed E-state index contributed by atoms with van der Waals surface area (Å²) >= 11 is 12.3. The number of nitrogens with zero attached hydrogens (tertiary/aromatic N) is 2. The van der Waals surface area contributed by atoms with Crippen LogP contribution < -0.4 is 16.2 Å². The molecule has 0 atom stereocenters. The summed E-state index contributed by atoms with van der Waals surface area (Å²) < 4.78 is 0. The van der Waals surface area contributed by atoms with Crippen LogP contribution in [0.3, 0.4) is 0 Å². The van der Waals surface area contributed by atoms with Crippen LogP contribution in [0.5, 0.6) is 0 Å². The molecule has 31 heavy (non-hydrogen) atoms. The molecule has 0 saturated heterocycles. The van der Waals surface area contributed by atoms with Gasteiger partial charge >= 0.3 is 0 Å². The Morgan fingerprint density at radius 2 is 1.48 bits per heavy atom. The zero-order chi connectivity index (χ0) is 21.8. The van der Waals surface area contributed by atoms with Gasteiger partial charge in [0.15, 0.2) is 0 Å². The van der Waals surface area contributed by atoms with Gasteiger partial charge in [-0.2, -0.15) is 0 Å². The topological polar surface area (TPSA) is 96.0 Å². The second-order valence-electron chi connectivity index (χ2n) is 6.43. The fraction of sp³-hybridized carbons (Fsp3) is 0. The molecule has 0 aliphatic rings. The number of hydrogen-bond donors (Lipinski definition) is 3. The highest BCUT2D eigenvalue weighted by atomic mass is 35.5. The Morgan fingerprint density at radius 1 is 0.774 bits per heavy atom. The number of amides is 2. The van der Waals surface area contributed by atoms with E-state index in [-0.39, 0.29) is 21.5 Å². The minimum Gasteiger partial charge on any atom is -0.320 e. The summed E-state index contributed by atoms with van der Waals surface area (Å²) in [7, 11) is 0. The van der Waals surface area contributed by atoms with Crippen molar-refractivity contribution in [3.05, 3.63) is 94.4 Å². The molecular formula is C22H15Cl2N5O2. The maximum atomic E-state index is 12.8. The number of hydrazine groups is 1. The molecule has 2 aromatic carbocycles. The third-order valence-corrected chi connectivity index (χ3v) is 5.09. The van der Waals surface area contributed by atoms with E-state index < -0.39 is 5.91 Å². The average Bonchev–Trinajstić information content (AvgIpc) is 2.78. The van der Waals surface area contributed by atoms with Crippen LogP contribution in [0.25, 0.3) is 10.9 Å². The number of rotatable bonds is 5. The first kappa shape index (κ1) is 20.6. The summed E-state index contributed by atoms with van der Waals surface area (Å²) in [6, 6.07) is 15.1. The number of hydrogen-bond acceptors (Lipinski definition) is 5. The van der Waals surface area contributed by atoms with Crippen molar-refractivity contribution in [1.82, 2.24) is 15.4 Å². The van der Waals surface area contributed by atoms with Gasteiger partial charge in [-0.1, -0.05) is 41.4 Å². The van der Waals surface area contributed by atoms with E-state index in [1.165, 1.54) is 12.4 Å². The minimum atomic E-state index is -0.450. The molecule has 0 unspecified atom stereocenters. The molecule has 0 fully saturated rings. The molecule has 0 radical (unpaired) electrons. The molecule has 4 rings (SSSR count). The third-order valence-electron chi connectivity index (χ3n) is 4.46. The van der Waals surface area contributed by atoms with Gasteiger partial charge < -0.3 is 5.32 Å². The van der Waals surface area contributed by atoms with E-state index in [9.17, 15) is 9.59 Å². The van der Waals surface area contributed by atoms with Crippen molar-refractivity contribution in [3.8, 4) is 0 Å². The van der Waals surface area contributed by atoms with E-state index >= 15 is 0 Å². The molecule has 2 aromatic heterocycles. The van der Waals surface area contributed by atoms with Crippen molar-refractivity contribution in [2.45, 2.75) is 0 Å². The van der Waals surface area contributed by atoms with E-state index in [0.29, 0.717) is 27.8 Å². The number of pyridine rings is 2. The second kappa shape index (κ2) is 8.99. The smallest absolute Gasteiger partial charge is 0.269 e. The average molecular weight is 452 g/mol. The Kier molecular flexibility index (Phi) is 5.97. The van der Waals surface area contributed by atoms with Gasteiger partial charge in [0, 0.05) is 29.5 Å². The SMILES string of the molecule is O=C(NNc1ccnc2c(NC(=O)c3c(Cl)cccc3Cl)cccc12)c1ccncc1. The van der Waals surface area contributed by atoms with Crippen LogP contribution in [0.1, 0.15) is 20.7 Å². The molecule has 4 aromatic rings. The molecule has 2 amide bonds. The lowest BCUT2D eigenvalue weighted by Gasteiger charge is -2.14. The number of nitrogens with one attached hydrogen (secondary N) is 3. The lowest BCUT2D eigenvalue weighted by atomic mass is 10.1. The van der Waals surface area contributed by atoms with E-state index in [1.807, 2.05) is 6.07 Å². The Labute approximate surface area is 187 Å². The van der Waals surface area contributed by atoms with Crippen LogP contribution in [-0.4, -0.2) is 21.8 Å². The third kappa shape index (κ3) is 4.42. The van der Waals surface area contributed by atoms with Gasteiger partial charge in [0.2, 0.25) is 0 Å². The summed E-state index contributed by atoms with van der Waals surface area (Å²) in [5.74, 6) is -0.764. The standard InChI is InChI=1S/C22H15Cl2N5O2/c23-15-4-2-5-16(24)19(15)22(31)27-18-6-1-3-14-17(9-12-26-20(14)18)28-29-21(30)13-7-10-25-11-8-13/h1-12H,(H,26,28)(H,27,31)(H,29,30). The Balaban J connectivity index is 1.59. The lowest BCUT2D eigenvalue weighted by Crippen LogP contribution is -2.29. The van der Waals surface area contributed by atoms with E-state index in [2.05, 4.69) is 26.1 Å². The largest absolute Gasteiger partial charge is 0.320 e. The highest BCUT2D eigenvalue weighted by Gasteiger charge is 2.16. The van der Waals surface area contributed by atoms with Gasteiger partial charge in [-0.3, -0.25) is 30.4 Å². The fourth-order valence-electron chi connectivity index (χ4n) is 2.99. The molecule has 3 N–H and O–H groups in total. The van der Waals surface area contributed by atoms with E-state index in [1.54, 1.807) is 54.7 Å². The Hall–Kier alpha value is -3.68. The molecule has 0 aliphatic heterocycles. The lowest BCUT2D eigenvalue weighted by molar-refractivity contribution is 0.0961. The van der Waals surface area contributed by atoms with E-state index in [0.717, 1.165) is 0 Å². The Morgan fingerprint density at radius 3 is 2.23 bits per heavy atom. The van der Waals surface area contributed by atoms with E-state index in [4.69, 9.17) is 23.2 Å². The van der Waals surface area contributed by atoms with Gasteiger partial charge in [0.05, 0.1) is 32.5 Å². The van der Waals surface area contributed by atoms with Crippen molar-refractivity contribution in [1.29, 1.82) is 0 Å². The van der Waals surface area contributed by atoms with Crippen molar-refractivity contribution in [3.63, 3.8) is 0 Å². The van der Waals surface area contributed by atoms with Crippen LogP contribution >= 0.6 is 23.2 Å². The molecule has 0 saturated carbocycles. The van der Waals surface area contributed by atoms with Gasteiger partial charge in [0.25, 0.3) is 11.8 Å². The first-order valence-corrected chi connectivity index (χ1v) is 9.89. The van der Waals surface area contributed by atoms with Crippen molar-refractivity contribution in [2.24, 2.45) is 0 Å². The van der Waals surface area contributed by atoms with Crippen molar-refractivity contribution >= 4 is 57.3 Å². The van der Waals surface area contributed by atoms with Gasteiger partial charge in [-0.25, -0.2) is 0 Å². The number of fused-ring (bicyclic) bond motifs is 1. The van der Waals surface area contributed by atoms with Crippen LogP contribution in [0.2, 0.25) is 10.0 Å². The first-order valence-electron chi connectivity index (χ1n) is 9.14. The molecule has 0 bridgehead atoms. The zero-order valence-corrected chi connectivity index (χ0v) is 17.4. The number of carbonyl (C=O) groups is 2. The number of anilines is 2. The van der Waals surface area contributed by atoms with Crippen LogP contribution in [0.4, 0.5) is 11.4 Å². The number of halogens is 2. The summed E-state index contributed by atoms with van der Waals surface area (Å²) in [6.45, 7) is 0. The number of aromatic nitrogens is 2. The highest BCUT2D eigenvalue weighted by Crippen LogP contribution is 2.29. The molecule has 7 nitrogen and oxygen atoms in total. The molecule has 154 valence electrons. The fourth-order valence-corrected chi connectivity index (χ4v) is 3.55. The second-order valence-corrected chi connectivity index (χ2v) is 7.24. The number of para-hydroxylation sites is 1. The molecule has 0 aliphatic carbocycles. The van der Waals surface area contributed by atoms with Gasteiger partial charge in [-0.15, -0.1) is 0 Å². The highest BCUT2D eigenvalue weighted by molar-refractivity contribution is 6.40. The maximum absolute atomic E-state index is 12.8. The predicted molar refractivity (Wildman–Crippen MR) is 121 cm³/mol. The summed E-state index contributed by atoms with van der Waals surface area (Å²) in [6.07, 6.45) is 4.65. The monoisotopic (exact) mass is 451 g/mol. The Bertz CT molecular complexity index is 1260. The van der Waals surface area contributed by atoms with Crippen molar-refractivity contribution in [2.75, 3.05) is 10.7 Å². The quantitative estimate of drug-likeness (QED) is 0.373. The molecule has 0 spiro atoms. The normalized spacial score (nSPS) is 10.5. The van der Waals surface area contributed by atoms with Gasteiger partial charge in [0.1, 0.15) is 0 Å².